The van der Waals surface area contributed by atoms with Crippen LogP contribution in [0.2, 0.25) is 0 Å². The molecule has 0 aromatic carbocycles. The zero-order valence-corrected chi connectivity index (χ0v) is 16.3. The molecule has 140 valence electrons. The maximum Gasteiger partial charge on any atom is 0.409 e. The molecule has 1 saturated heterocycles. The molecule has 0 saturated carbocycles. The van der Waals surface area contributed by atoms with E-state index in [2.05, 4.69) is 18.2 Å². The Hall–Kier alpha value is -2.33. The number of ether oxygens (including phenoxy) is 1. The molecule has 1 aromatic rings. The maximum atomic E-state index is 12.0. The molecule has 0 radical (unpaired) electrons. The normalized spacial score (nSPS) is 19.3. The Morgan fingerprint density at radius 3 is 2.89 bits per heavy atom. The lowest BCUT2D eigenvalue weighted by Gasteiger charge is -2.30. The molecular weight excluding hydrogens is 360 g/mol. The number of nitrogens with zero attached hydrogens (tertiary/aromatic N) is 2. The number of pyridine rings is 1. The Labute approximate surface area is 164 Å². The summed E-state index contributed by atoms with van der Waals surface area (Å²) < 4.78 is 5.15. The van der Waals surface area contributed by atoms with Crippen LogP contribution in [0.4, 0.5) is 4.79 Å². The van der Waals surface area contributed by atoms with Crippen LogP contribution in [0.15, 0.2) is 58.3 Å². The molecule has 4 rings (SSSR count). The fourth-order valence-corrected chi connectivity index (χ4v) is 4.22. The average Bonchev–Trinajstić information content (AvgIpc) is 2.85. The van der Waals surface area contributed by atoms with Crippen molar-refractivity contribution in [1.82, 2.24) is 9.88 Å². The number of carbonyl (C=O) groups excluding carboxylic acids is 1. The molecule has 2 aliphatic carbocycles. The topological polar surface area (TPSA) is 42.4 Å². The Morgan fingerprint density at radius 2 is 2.11 bits per heavy atom. The van der Waals surface area contributed by atoms with Crippen LogP contribution in [-0.4, -0.2) is 35.7 Å². The number of hydrogen-bond acceptors (Lipinski definition) is 3. The highest BCUT2D eigenvalue weighted by molar-refractivity contribution is 6.30. The van der Waals surface area contributed by atoms with Crippen LogP contribution >= 0.6 is 11.6 Å². The molecule has 1 aliphatic heterocycles. The van der Waals surface area contributed by atoms with Crippen molar-refractivity contribution in [3.8, 4) is 0 Å². The molecule has 0 atom stereocenters. The van der Waals surface area contributed by atoms with Crippen molar-refractivity contribution in [3.05, 3.63) is 69.6 Å². The van der Waals surface area contributed by atoms with Gasteiger partial charge in [-0.25, -0.2) is 4.79 Å². The zero-order chi connectivity index (χ0) is 18.8. The molecule has 1 aromatic heterocycles. The molecule has 1 amide bonds. The lowest BCUT2D eigenvalue weighted by atomic mass is 9.85. The third-order valence-corrected chi connectivity index (χ3v) is 5.61. The summed E-state index contributed by atoms with van der Waals surface area (Å²) in [6.07, 6.45) is 11.4. The van der Waals surface area contributed by atoms with Crippen molar-refractivity contribution in [2.45, 2.75) is 32.6 Å². The molecule has 0 spiro atoms. The van der Waals surface area contributed by atoms with E-state index in [1.807, 2.05) is 25.3 Å². The van der Waals surface area contributed by atoms with Gasteiger partial charge in [0.2, 0.25) is 0 Å². The quantitative estimate of drug-likeness (QED) is 0.684. The van der Waals surface area contributed by atoms with E-state index in [9.17, 15) is 4.79 Å². The molecule has 1 fully saturated rings. The average molecular weight is 383 g/mol. The summed E-state index contributed by atoms with van der Waals surface area (Å²) in [6.45, 7) is 3.62. The Morgan fingerprint density at radius 1 is 1.30 bits per heavy atom. The first-order valence-corrected chi connectivity index (χ1v) is 9.89. The van der Waals surface area contributed by atoms with Crippen LogP contribution in [0.25, 0.3) is 5.57 Å². The van der Waals surface area contributed by atoms with Gasteiger partial charge in [-0.15, -0.1) is 0 Å². The summed E-state index contributed by atoms with van der Waals surface area (Å²) in [5, 5.41) is 0.866. The lowest BCUT2D eigenvalue weighted by molar-refractivity contribution is 0.104. The number of aromatic nitrogens is 1. The van der Waals surface area contributed by atoms with Gasteiger partial charge in [0.25, 0.3) is 0 Å². The number of hydrogen-bond donors (Lipinski definition) is 0. The monoisotopic (exact) mass is 382 g/mol. The first-order chi connectivity index (χ1) is 13.2. The lowest BCUT2D eigenvalue weighted by Crippen LogP contribution is -2.37. The second kappa shape index (κ2) is 7.73. The smallest absolute Gasteiger partial charge is 0.409 e. The van der Waals surface area contributed by atoms with Gasteiger partial charge in [0, 0.05) is 36.3 Å². The minimum atomic E-state index is -0.215. The van der Waals surface area contributed by atoms with E-state index >= 15 is 0 Å². The molecule has 0 bridgehead atoms. The number of piperidine rings is 1. The van der Waals surface area contributed by atoms with Gasteiger partial charge < -0.3 is 9.64 Å². The number of fused-ring (bicyclic) bond motifs is 2. The van der Waals surface area contributed by atoms with E-state index in [1.165, 1.54) is 27.9 Å². The van der Waals surface area contributed by atoms with Gasteiger partial charge in [0.05, 0.1) is 12.3 Å². The van der Waals surface area contributed by atoms with Crippen molar-refractivity contribution in [2.75, 3.05) is 19.7 Å². The molecular formula is C22H23ClN2O2. The zero-order valence-electron chi connectivity index (χ0n) is 15.5. The number of allylic oxidation sites excluding steroid dienone is 7. The summed E-state index contributed by atoms with van der Waals surface area (Å²) in [7, 11) is 0. The van der Waals surface area contributed by atoms with Crippen molar-refractivity contribution in [2.24, 2.45) is 0 Å². The number of carbonyl (C=O) groups is 1. The van der Waals surface area contributed by atoms with Crippen molar-refractivity contribution in [3.63, 3.8) is 0 Å². The minimum absolute atomic E-state index is 0.215. The van der Waals surface area contributed by atoms with E-state index in [-0.39, 0.29) is 6.09 Å². The first kappa shape index (κ1) is 18.1. The number of rotatable bonds is 1. The van der Waals surface area contributed by atoms with Gasteiger partial charge in [-0.1, -0.05) is 35.4 Å². The minimum Gasteiger partial charge on any atom is -0.450 e. The second-order valence-electron chi connectivity index (χ2n) is 6.98. The summed E-state index contributed by atoms with van der Waals surface area (Å²) >= 11 is 6.30. The molecule has 27 heavy (non-hydrogen) atoms. The molecule has 0 unspecified atom stereocenters. The standard InChI is InChI=1S/C22H23ClN2O2/c1-2-27-22(26)25-12-9-15(10-13-25)20-19-8-7-18(23)14-17(19)6-5-16-4-3-11-24-21(16)20/h3-4,6-8,11H,2,5,9-10,12-14H2,1H3. The third kappa shape index (κ3) is 3.59. The summed E-state index contributed by atoms with van der Waals surface area (Å²) in [5.41, 5.74) is 7.42. The molecule has 4 nitrogen and oxygen atoms in total. The van der Waals surface area contributed by atoms with Gasteiger partial charge in [-0.2, -0.15) is 0 Å². The van der Waals surface area contributed by atoms with Gasteiger partial charge in [0.15, 0.2) is 0 Å². The highest BCUT2D eigenvalue weighted by Crippen LogP contribution is 2.42. The number of amides is 1. The second-order valence-corrected chi connectivity index (χ2v) is 7.47. The SMILES string of the molecule is CCOC(=O)N1CCC(=C2C3=CC=C(Cl)CC3=CCc3cccnc32)CC1. The molecule has 3 aliphatic rings. The largest absolute Gasteiger partial charge is 0.450 e. The predicted molar refractivity (Wildman–Crippen MR) is 107 cm³/mol. The van der Waals surface area contributed by atoms with Crippen molar-refractivity contribution >= 4 is 23.3 Å². The highest BCUT2D eigenvalue weighted by Gasteiger charge is 2.28. The highest BCUT2D eigenvalue weighted by atomic mass is 35.5. The van der Waals surface area contributed by atoms with Crippen LogP contribution in [-0.2, 0) is 11.2 Å². The Bertz CT molecular complexity index is 885. The van der Waals surface area contributed by atoms with E-state index in [0.717, 1.165) is 36.4 Å². The van der Waals surface area contributed by atoms with Gasteiger partial charge in [0.1, 0.15) is 0 Å². The summed E-state index contributed by atoms with van der Waals surface area (Å²) in [4.78, 5) is 18.6. The van der Waals surface area contributed by atoms with Crippen molar-refractivity contribution in [1.29, 1.82) is 0 Å². The fourth-order valence-electron chi connectivity index (χ4n) is 4.01. The summed E-state index contributed by atoms with van der Waals surface area (Å²) in [5.74, 6) is 0. The van der Waals surface area contributed by atoms with E-state index in [4.69, 9.17) is 21.3 Å². The maximum absolute atomic E-state index is 12.0. The van der Waals surface area contributed by atoms with Crippen LogP contribution in [0, 0.1) is 0 Å². The van der Waals surface area contributed by atoms with Crippen LogP contribution < -0.4 is 0 Å². The Kier molecular flexibility index (Phi) is 5.17. The predicted octanol–water partition coefficient (Wildman–Crippen LogP) is 5.02. The van der Waals surface area contributed by atoms with Crippen molar-refractivity contribution < 1.29 is 9.53 Å². The fraction of sp³-hybridized carbons (Fsp3) is 0.364. The molecule has 0 N–H and O–H groups in total. The Balaban J connectivity index is 1.74. The van der Waals surface area contributed by atoms with Crippen LogP contribution in [0.5, 0.6) is 0 Å². The van der Waals surface area contributed by atoms with Gasteiger partial charge in [-0.05, 0) is 55.0 Å². The van der Waals surface area contributed by atoms with E-state index < -0.39 is 0 Å². The van der Waals surface area contributed by atoms with Gasteiger partial charge >= 0.3 is 6.09 Å². The van der Waals surface area contributed by atoms with Crippen LogP contribution in [0.3, 0.4) is 0 Å². The molecule has 5 heteroatoms. The summed E-state index contributed by atoms with van der Waals surface area (Å²) in [6, 6.07) is 4.15. The first-order valence-electron chi connectivity index (χ1n) is 9.51. The molecule has 2 heterocycles. The number of halogens is 1. The van der Waals surface area contributed by atoms with Gasteiger partial charge in [-0.3, -0.25) is 4.98 Å². The van der Waals surface area contributed by atoms with E-state index in [0.29, 0.717) is 19.7 Å². The van der Waals surface area contributed by atoms with E-state index in [1.54, 1.807) is 4.90 Å². The number of likely N-dealkylation sites (tertiary alicyclic amines) is 1. The van der Waals surface area contributed by atoms with Crippen LogP contribution in [0.1, 0.15) is 37.4 Å². The third-order valence-electron chi connectivity index (χ3n) is 5.35.